The molecule has 0 atom stereocenters. The monoisotopic (exact) mass is 338 g/mol. The van der Waals surface area contributed by atoms with Crippen LogP contribution >= 0.6 is 11.6 Å². The highest BCUT2D eigenvalue weighted by atomic mass is 35.5. The van der Waals surface area contributed by atoms with Crippen molar-refractivity contribution in [2.45, 2.75) is 103 Å². The third-order valence-corrected chi connectivity index (χ3v) is 4.65. The molecule has 0 aromatic carbocycles. The molecule has 0 amide bonds. The van der Waals surface area contributed by atoms with Gasteiger partial charge in [0.25, 0.3) is 0 Å². The third kappa shape index (κ3) is 12.5. The molecule has 0 aliphatic heterocycles. The first-order chi connectivity index (χ1) is 11.3. The predicted molar refractivity (Wildman–Crippen MR) is 101 cm³/mol. The first-order valence-electron chi connectivity index (χ1n) is 9.80. The van der Waals surface area contributed by atoms with E-state index in [0.717, 1.165) is 12.1 Å². The third-order valence-electron chi connectivity index (χ3n) is 4.47. The van der Waals surface area contributed by atoms with Crippen molar-refractivity contribution in [3.05, 3.63) is 23.2 Å². The van der Waals surface area contributed by atoms with Gasteiger partial charge in [0.15, 0.2) is 0 Å². The Morgan fingerprint density at radius 1 is 0.739 bits per heavy atom. The molecule has 0 spiro atoms. The lowest BCUT2D eigenvalue weighted by Crippen LogP contribution is -1.92. The van der Waals surface area contributed by atoms with Crippen LogP contribution in [0, 0.1) is 0 Å². The fourth-order valence-electron chi connectivity index (χ4n) is 3.01. The number of halogens is 1. The summed E-state index contributed by atoms with van der Waals surface area (Å²) in [4.78, 5) is 8.14. The Balaban J connectivity index is 1.78. The van der Waals surface area contributed by atoms with Crippen LogP contribution in [0.1, 0.15) is 103 Å². The minimum atomic E-state index is 0.368. The first-order valence-corrected chi connectivity index (χ1v) is 10.2. The molecule has 0 radical (unpaired) electrons. The normalized spacial score (nSPS) is 11.0. The number of aromatic nitrogens is 2. The number of unbranched alkanes of at least 4 members (excludes halogenated alkanes) is 13. The quantitative estimate of drug-likeness (QED) is 0.250. The first kappa shape index (κ1) is 20.4. The van der Waals surface area contributed by atoms with Gasteiger partial charge < -0.3 is 0 Å². The van der Waals surface area contributed by atoms with E-state index in [1.54, 1.807) is 6.20 Å². The molecular weight excluding hydrogens is 304 g/mol. The number of nitrogens with zero attached hydrogens (tertiary/aromatic N) is 2. The van der Waals surface area contributed by atoms with Crippen molar-refractivity contribution in [2.24, 2.45) is 0 Å². The van der Waals surface area contributed by atoms with E-state index in [0.29, 0.717) is 5.28 Å². The molecule has 132 valence electrons. The van der Waals surface area contributed by atoms with E-state index in [1.807, 2.05) is 6.07 Å². The number of rotatable bonds is 15. The largest absolute Gasteiger partial charge is 0.227 e. The van der Waals surface area contributed by atoms with Crippen LogP contribution in [-0.4, -0.2) is 9.97 Å². The maximum atomic E-state index is 5.79. The van der Waals surface area contributed by atoms with Crippen molar-refractivity contribution in [1.82, 2.24) is 9.97 Å². The van der Waals surface area contributed by atoms with Gasteiger partial charge in [0.05, 0.1) is 0 Å². The molecule has 0 aliphatic carbocycles. The van der Waals surface area contributed by atoms with Crippen molar-refractivity contribution in [2.75, 3.05) is 0 Å². The summed E-state index contributed by atoms with van der Waals surface area (Å²) in [6, 6.07) is 1.97. The summed E-state index contributed by atoms with van der Waals surface area (Å²) in [6.07, 6.45) is 22.3. The van der Waals surface area contributed by atoms with Gasteiger partial charge in [-0.15, -0.1) is 0 Å². The lowest BCUT2D eigenvalue weighted by Gasteiger charge is -2.03. The van der Waals surface area contributed by atoms with E-state index in [9.17, 15) is 0 Å². The Labute approximate surface area is 148 Å². The Bertz CT molecular complexity index is 382. The summed E-state index contributed by atoms with van der Waals surface area (Å²) in [5, 5.41) is 0.368. The molecule has 2 nitrogen and oxygen atoms in total. The van der Waals surface area contributed by atoms with Gasteiger partial charge in [0, 0.05) is 11.9 Å². The van der Waals surface area contributed by atoms with Crippen LogP contribution in [-0.2, 0) is 6.42 Å². The van der Waals surface area contributed by atoms with E-state index < -0.39 is 0 Å². The second-order valence-corrected chi connectivity index (χ2v) is 7.00. The van der Waals surface area contributed by atoms with Gasteiger partial charge >= 0.3 is 0 Å². The lowest BCUT2D eigenvalue weighted by atomic mass is 10.0. The highest BCUT2D eigenvalue weighted by Gasteiger charge is 1.98. The molecule has 1 rings (SSSR count). The van der Waals surface area contributed by atoms with Crippen molar-refractivity contribution in [1.29, 1.82) is 0 Å². The molecule has 3 heteroatoms. The summed E-state index contributed by atoms with van der Waals surface area (Å²) in [7, 11) is 0. The fraction of sp³-hybridized carbons (Fsp3) is 0.800. The standard InChI is InChI=1S/C20H35ClN2/c1-2-3-4-5-6-7-8-9-10-11-12-13-14-15-16-19-17-18-22-20(21)23-19/h17-18H,2-16H2,1H3. The van der Waals surface area contributed by atoms with Gasteiger partial charge in [-0.1, -0.05) is 90.4 Å². The van der Waals surface area contributed by atoms with Gasteiger partial charge in [-0.25, -0.2) is 9.97 Å². The highest BCUT2D eigenvalue weighted by Crippen LogP contribution is 2.13. The molecule has 23 heavy (non-hydrogen) atoms. The van der Waals surface area contributed by atoms with Crippen LogP contribution in [0.4, 0.5) is 0 Å². The summed E-state index contributed by atoms with van der Waals surface area (Å²) < 4.78 is 0. The van der Waals surface area contributed by atoms with Crippen molar-refractivity contribution >= 4 is 11.6 Å². The van der Waals surface area contributed by atoms with Gasteiger partial charge in [0.2, 0.25) is 5.28 Å². The second-order valence-electron chi connectivity index (χ2n) is 6.66. The number of hydrogen-bond donors (Lipinski definition) is 0. The van der Waals surface area contributed by atoms with Crippen LogP contribution < -0.4 is 0 Å². The summed E-state index contributed by atoms with van der Waals surface area (Å²) in [6.45, 7) is 2.28. The Hall–Kier alpha value is -0.630. The van der Waals surface area contributed by atoms with E-state index in [1.165, 1.54) is 89.9 Å². The maximum absolute atomic E-state index is 5.79. The summed E-state index contributed by atoms with van der Waals surface area (Å²) >= 11 is 5.79. The summed E-state index contributed by atoms with van der Waals surface area (Å²) in [5.41, 5.74) is 1.07. The van der Waals surface area contributed by atoms with Crippen LogP contribution in [0.25, 0.3) is 0 Å². The minimum Gasteiger partial charge on any atom is -0.227 e. The van der Waals surface area contributed by atoms with E-state index in [2.05, 4.69) is 16.9 Å². The van der Waals surface area contributed by atoms with Crippen LogP contribution in [0.5, 0.6) is 0 Å². The molecule has 1 aromatic heterocycles. The van der Waals surface area contributed by atoms with Gasteiger partial charge in [-0.2, -0.15) is 0 Å². The number of aryl methyl sites for hydroxylation is 1. The SMILES string of the molecule is CCCCCCCCCCCCCCCCc1ccnc(Cl)n1. The van der Waals surface area contributed by atoms with E-state index in [4.69, 9.17) is 11.6 Å². The molecule has 0 saturated carbocycles. The van der Waals surface area contributed by atoms with Gasteiger partial charge in [-0.05, 0) is 30.5 Å². The van der Waals surface area contributed by atoms with Gasteiger partial charge in [0.1, 0.15) is 0 Å². The number of hydrogen-bond acceptors (Lipinski definition) is 2. The topological polar surface area (TPSA) is 25.8 Å². The molecule has 0 fully saturated rings. The molecule has 0 aliphatic rings. The van der Waals surface area contributed by atoms with Crippen LogP contribution in [0.15, 0.2) is 12.3 Å². The van der Waals surface area contributed by atoms with Crippen molar-refractivity contribution < 1.29 is 0 Å². The molecular formula is C20H35ClN2. The average molecular weight is 339 g/mol. The highest BCUT2D eigenvalue weighted by molar-refractivity contribution is 6.28. The second kappa shape index (κ2) is 14.9. The maximum Gasteiger partial charge on any atom is 0.222 e. The Morgan fingerprint density at radius 3 is 1.70 bits per heavy atom. The van der Waals surface area contributed by atoms with Crippen LogP contribution in [0.3, 0.4) is 0 Å². The summed E-state index contributed by atoms with van der Waals surface area (Å²) in [5.74, 6) is 0. The van der Waals surface area contributed by atoms with Crippen LogP contribution in [0.2, 0.25) is 5.28 Å². The molecule has 0 bridgehead atoms. The van der Waals surface area contributed by atoms with E-state index >= 15 is 0 Å². The molecule has 0 N–H and O–H groups in total. The Kier molecular flexibility index (Phi) is 13.3. The van der Waals surface area contributed by atoms with Crippen molar-refractivity contribution in [3.8, 4) is 0 Å². The van der Waals surface area contributed by atoms with E-state index in [-0.39, 0.29) is 0 Å². The zero-order valence-electron chi connectivity index (χ0n) is 15.0. The average Bonchev–Trinajstić information content (AvgIpc) is 2.55. The molecule has 1 aromatic rings. The minimum absolute atomic E-state index is 0.368. The molecule has 1 heterocycles. The molecule has 0 saturated heterocycles. The van der Waals surface area contributed by atoms with Crippen molar-refractivity contribution in [3.63, 3.8) is 0 Å². The lowest BCUT2D eigenvalue weighted by molar-refractivity contribution is 0.535. The zero-order chi connectivity index (χ0) is 16.6. The van der Waals surface area contributed by atoms with Gasteiger partial charge in [-0.3, -0.25) is 0 Å². The smallest absolute Gasteiger partial charge is 0.222 e. The fourth-order valence-corrected chi connectivity index (χ4v) is 3.17. The zero-order valence-corrected chi connectivity index (χ0v) is 15.8. The predicted octanol–water partition coefficient (Wildman–Crippen LogP) is 7.15. The molecule has 0 unspecified atom stereocenters. The Morgan fingerprint density at radius 2 is 1.22 bits per heavy atom.